The van der Waals surface area contributed by atoms with Crippen molar-refractivity contribution in [2.45, 2.75) is 58.2 Å². The molecule has 126 valence electrons. The van der Waals surface area contributed by atoms with Crippen molar-refractivity contribution in [3.05, 3.63) is 59.7 Å². The van der Waals surface area contributed by atoms with Gasteiger partial charge in [0.1, 0.15) is 0 Å². The van der Waals surface area contributed by atoms with E-state index in [1.165, 1.54) is 11.1 Å². The normalized spacial score (nSPS) is 17.1. The third kappa shape index (κ3) is 4.33. The Kier molecular flexibility index (Phi) is 6.20. The van der Waals surface area contributed by atoms with Crippen molar-refractivity contribution in [1.82, 2.24) is 0 Å². The van der Waals surface area contributed by atoms with Gasteiger partial charge in [-0.2, -0.15) is 0 Å². The van der Waals surface area contributed by atoms with Crippen LogP contribution < -0.4 is 0 Å². The third-order valence-corrected chi connectivity index (χ3v) is 4.44. The van der Waals surface area contributed by atoms with E-state index >= 15 is 0 Å². The molecule has 2 heteroatoms. The first-order chi connectivity index (χ1) is 11.0. The molecule has 0 saturated carbocycles. The van der Waals surface area contributed by atoms with E-state index in [4.69, 9.17) is 9.47 Å². The maximum absolute atomic E-state index is 6.03. The Morgan fingerprint density at radius 2 is 1.61 bits per heavy atom. The molecule has 0 unspecified atom stereocenters. The van der Waals surface area contributed by atoms with Crippen molar-refractivity contribution in [3.63, 3.8) is 0 Å². The van der Waals surface area contributed by atoms with Crippen molar-refractivity contribution in [1.29, 1.82) is 0 Å². The molecule has 2 nitrogen and oxygen atoms in total. The van der Waals surface area contributed by atoms with Crippen molar-refractivity contribution in [3.8, 4) is 0 Å². The van der Waals surface area contributed by atoms with E-state index in [2.05, 4.69) is 76.3 Å². The van der Waals surface area contributed by atoms with Crippen LogP contribution in [0.15, 0.2) is 54.1 Å². The van der Waals surface area contributed by atoms with Crippen LogP contribution in [-0.2, 0) is 14.9 Å². The summed E-state index contributed by atoms with van der Waals surface area (Å²) in [7, 11) is 0. The second kappa shape index (κ2) is 7.94. The lowest BCUT2D eigenvalue weighted by molar-refractivity contribution is -0.202. The monoisotopic (exact) mass is 314 g/mol. The van der Waals surface area contributed by atoms with Gasteiger partial charge < -0.3 is 9.47 Å². The van der Waals surface area contributed by atoms with Gasteiger partial charge in [0.05, 0.1) is 13.2 Å². The average molecular weight is 314 g/mol. The summed E-state index contributed by atoms with van der Waals surface area (Å²) < 4.78 is 12.1. The maximum Gasteiger partial charge on any atom is 0.191 e. The highest BCUT2D eigenvalue weighted by atomic mass is 16.7. The molecule has 0 radical (unpaired) electrons. The first-order valence-electron chi connectivity index (χ1n) is 8.77. The number of hydrogen-bond acceptors (Lipinski definition) is 2. The van der Waals surface area contributed by atoms with Crippen LogP contribution in [0.5, 0.6) is 0 Å². The van der Waals surface area contributed by atoms with E-state index in [0.717, 1.165) is 32.5 Å². The zero-order chi connectivity index (χ0) is 16.8. The van der Waals surface area contributed by atoms with Crippen LogP contribution in [0.2, 0.25) is 0 Å². The summed E-state index contributed by atoms with van der Waals surface area (Å²) >= 11 is 0. The Labute approximate surface area is 141 Å². The summed E-state index contributed by atoms with van der Waals surface area (Å²) in [5.41, 5.74) is 2.63. The van der Waals surface area contributed by atoms with Gasteiger partial charge in [-0.25, -0.2) is 0 Å². The molecular weight excluding hydrogens is 284 g/mol. The number of hydrogen-bond donors (Lipinski definition) is 0. The van der Waals surface area contributed by atoms with Gasteiger partial charge in [0.15, 0.2) is 5.79 Å². The minimum atomic E-state index is -0.581. The SMILES string of the molecule is CCCOC1(OCCC)C=CC(C(C)(C)c2ccccc2)=CC1. The molecule has 0 amide bonds. The van der Waals surface area contributed by atoms with Gasteiger partial charge in [-0.3, -0.25) is 0 Å². The number of allylic oxidation sites excluding steroid dienone is 2. The summed E-state index contributed by atoms with van der Waals surface area (Å²) in [5.74, 6) is -0.581. The first kappa shape index (κ1) is 18.0. The van der Waals surface area contributed by atoms with Crippen molar-refractivity contribution in [2.75, 3.05) is 13.2 Å². The molecule has 0 atom stereocenters. The van der Waals surface area contributed by atoms with Crippen LogP contribution in [0.25, 0.3) is 0 Å². The van der Waals surface area contributed by atoms with Crippen LogP contribution in [0.1, 0.15) is 52.5 Å². The summed E-state index contributed by atoms with van der Waals surface area (Å²) in [5, 5.41) is 0. The van der Waals surface area contributed by atoms with E-state index in [9.17, 15) is 0 Å². The highest BCUT2D eigenvalue weighted by Gasteiger charge is 2.33. The molecule has 0 spiro atoms. The Balaban J connectivity index is 2.16. The number of ether oxygens (including phenoxy) is 2. The third-order valence-electron chi connectivity index (χ3n) is 4.44. The van der Waals surface area contributed by atoms with Gasteiger partial charge in [0, 0.05) is 11.8 Å². The molecule has 0 aliphatic heterocycles. The summed E-state index contributed by atoms with van der Waals surface area (Å²) in [4.78, 5) is 0. The number of rotatable bonds is 8. The molecule has 2 rings (SSSR count). The first-order valence-corrected chi connectivity index (χ1v) is 8.77. The second-order valence-corrected chi connectivity index (χ2v) is 6.70. The predicted molar refractivity (Wildman–Crippen MR) is 96.5 cm³/mol. The Bertz CT molecular complexity index is 532. The van der Waals surface area contributed by atoms with Crippen molar-refractivity contribution >= 4 is 0 Å². The van der Waals surface area contributed by atoms with E-state index in [0.29, 0.717) is 0 Å². The van der Waals surface area contributed by atoms with Crippen LogP contribution in [-0.4, -0.2) is 19.0 Å². The largest absolute Gasteiger partial charge is 0.346 e. The molecule has 1 aromatic rings. The fourth-order valence-corrected chi connectivity index (χ4v) is 2.90. The Hall–Kier alpha value is -1.38. The maximum atomic E-state index is 6.03. The lowest BCUT2D eigenvalue weighted by atomic mass is 9.75. The molecule has 0 saturated heterocycles. The summed E-state index contributed by atoms with van der Waals surface area (Å²) in [6.45, 7) is 10.2. The fraction of sp³-hybridized carbons (Fsp3) is 0.524. The number of benzene rings is 1. The minimum Gasteiger partial charge on any atom is -0.346 e. The van der Waals surface area contributed by atoms with Gasteiger partial charge >= 0.3 is 0 Å². The van der Waals surface area contributed by atoms with Crippen LogP contribution in [0.3, 0.4) is 0 Å². The predicted octanol–water partition coefficient (Wildman–Crippen LogP) is 5.40. The standard InChI is InChI=1S/C21H30O2/c1-5-16-22-21(23-17-6-2)14-12-19(13-15-21)20(3,4)18-10-8-7-9-11-18/h7-14H,5-6,15-17H2,1-4H3. The highest BCUT2D eigenvalue weighted by molar-refractivity contribution is 5.42. The zero-order valence-corrected chi connectivity index (χ0v) is 15.0. The summed E-state index contributed by atoms with van der Waals surface area (Å²) in [6.07, 6.45) is 9.34. The van der Waals surface area contributed by atoms with Gasteiger partial charge in [-0.1, -0.05) is 70.2 Å². The van der Waals surface area contributed by atoms with E-state index < -0.39 is 5.79 Å². The van der Waals surface area contributed by atoms with E-state index in [-0.39, 0.29) is 5.41 Å². The quantitative estimate of drug-likeness (QED) is 0.598. The second-order valence-electron chi connectivity index (χ2n) is 6.70. The Morgan fingerprint density at radius 3 is 2.09 bits per heavy atom. The van der Waals surface area contributed by atoms with Gasteiger partial charge in [0.25, 0.3) is 0 Å². The van der Waals surface area contributed by atoms with Gasteiger partial charge in [0.2, 0.25) is 0 Å². The summed E-state index contributed by atoms with van der Waals surface area (Å²) in [6, 6.07) is 10.6. The average Bonchev–Trinajstić information content (AvgIpc) is 2.59. The molecule has 0 heterocycles. The molecule has 1 aromatic carbocycles. The topological polar surface area (TPSA) is 18.5 Å². The van der Waals surface area contributed by atoms with Crippen LogP contribution in [0, 0.1) is 0 Å². The van der Waals surface area contributed by atoms with Crippen LogP contribution >= 0.6 is 0 Å². The van der Waals surface area contributed by atoms with E-state index in [1.807, 2.05) is 0 Å². The fourth-order valence-electron chi connectivity index (χ4n) is 2.90. The Morgan fingerprint density at radius 1 is 1.00 bits per heavy atom. The molecule has 1 aliphatic rings. The van der Waals surface area contributed by atoms with Gasteiger partial charge in [-0.15, -0.1) is 0 Å². The zero-order valence-electron chi connectivity index (χ0n) is 15.0. The van der Waals surface area contributed by atoms with Crippen molar-refractivity contribution in [2.24, 2.45) is 0 Å². The van der Waals surface area contributed by atoms with Crippen molar-refractivity contribution < 1.29 is 9.47 Å². The van der Waals surface area contributed by atoms with E-state index in [1.54, 1.807) is 0 Å². The smallest absolute Gasteiger partial charge is 0.191 e. The lowest BCUT2D eigenvalue weighted by Crippen LogP contribution is -2.36. The molecule has 1 aliphatic carbocycles. The lowest BCUT2D eigenvalue weighted by Gasteiger charge is -2.36. The molecule has 23 heavy (non-hydrogen) atoms. The molecule has 0 bridgehead atoms. The minimum absolute atomic E-state index is 0.0145. The van der Waals surface area contributed by atoms with Crippen LogP contribution in [0.4, 0.5) is 0 Å². The highest BCUT2D eigenvalue weighted by Crippen LogP contribution is 2.37. The molecule has 0 aromatic heterocycles. The van der Waals surface area contributed by atoms with Gasteiger partial charge in [-0.05, 0) is 30.1 Å². The molecule has 0 fully saturated rings. The molecule has 0 N–H and O–H groups in total. The molecular formula is C21H30O2.